The lowest BCUT2D eigenvalue weighted by Gasteiger charge is -2.22. The summed E-state index contributed by atoms with van der Waals surface area (Å²) in [5.41, 5.74) is 9.65. The van der Waals surface area contributed by atoms with Crippen LogP contribution in [0.2, 0.25) is 0 Å². The van der Waals surface area contributed by atoms with Crippen molar-refractivity contribution in [2.45, 2.75) is 9.79 Å². The van der Waals surface area contributed by atoms with E-state index in [1.807, 2.05) is 11.8 Å². The number of hydrogen-bond acceptors (Lipinski definition) is 1. The summed E-state index contributed by atoms with van der Waals surface area (Å²) in [5.74, 6) is 0. The summed E-state index contributed by atoms with van der Waals surface area (Å²) in [6, 6.07) is 41.5. The monoisotopic (exact) mass is 451 g/mol. The van der Waals surface area contributed by atoms with E-state index < -0.39 is 0 Å². The van der Waals surface area contributed by atoms with Crippen LogP contribution >= 0.6 is 11.8 Å². The Labute approximate surface area is 203 Å². The van der Waals surface area contributed by atoms with Crippen LogP contribution in [0.25, 0.3) is 44.2 Å². The molecular weight excluding hydrogens is 430 g/mol. The Morgan fingerprint density at radius 3 is 2.12 bits per heavy atom. The summed E-state index contributed by atoms with van der Waals surface area (Å²) in [6.07, 6.45) is 0. The maximum absolute atomic E-state index is 4.44. The lowest BCUT2D eigenvalue weighted by Crippen LogP contribution is -1.98. The van der Waals surface area contributed by atoms with E-state index in [1.165, 1.54) is 59.5 Å². The third-order valence-corrected chi connectivity index (χ3v) is 7.91. The lowest BCUT2D eigenvalue weighted by atomic mass is 9.94. The molecule has 5 aromatic carbocycles. The molecule has 0 fully saturated rings. The largest absolute Gasteiger partial charge is 0.309 e. The normalized spacial score (nSPS) is 12.6. The van der Waals surface area contributed by atoms with Crippen LogP contribution in [-0.2, 0) is 0 Å². The molecule has 7 rings (SSSR count). The van der Waals surface area contributed by atoms with Crippen molar-refractivity contribution in [1.82, 2.24) is 4.57 Å². The van der Waals surface area contributed by atoms with Crippen molar-refractivity contribution in [2.24, 2.45) is 0 Å². The molecule has 1 nitrogen and oxygen atoms in total. The van der Waals surface area contributed by atoms with Crippen molar-refractivity contribution in [3.63, 3.8) is 0 Å². The Kier molecular flexibility index (Phi) is 4.30. The molecule has 0 spiro atoms. The van der Waals surface area contributed by atoms with Gasteiger partial charge in [0.25, 0.3) is 0 Å². The van der Waals surface area contributed by atoms with E-state index in [0.717, 1.165) is 5.57 Å². The molecule has 2 heteroatoms. The average molecular weight is 452 g/mol. The lowest BCUT2D eigenvalue weighted by molar-refractivity contribution is 1.18. The van der Waals surface area contributed by atoms with Crippen molar-refractivity contribution >= 4 is 39.1 Å². The van der Waals surface area contributed by atoms with Gasteiger partial charge in [0.2, 0.25) is 0 Å². The van der Waals surface area contributed by atoms with Gasteiger partial charge in [0, 0.05) is 26.3 Å². The molecule has 0 radical (unpaired) electrons. The van der Waals surface area contributed by atoms with Gasteiger partial charge in [-0.15, -0.1) is 0 Å². The number of benzene rings is 5. The molecule has 1 aliphatic heterocycles. The van der Waals surface area contributed by atoms with Crippen molar-refractivity contribution in [1.29, 1.82) is 0 Å². The zero-order chi connectivity index (χ0) is 22.6. The topological polar surface area (TPSA) is 4.93 Å². The van der Waals surface area contributed by atoms with Crippen LogP contribution in [0, 0.1) is 0 Å². The van der Waals surface area contributed by atoms with Crippen LogP contribution in [0.3, 0.4) is 0 Å². The molecular formula is C32H21NS. The number of para-hydroxylation sites is 2. The van der Waals surface area contributed by atoms with E-state index >= 15 is 0 Å². The first kappa shape index (κ1) is 19.5. The second kappa shape index (κ2) is 7.51. The summed E-state index contributed by atoms with van der Waals surface area (Å²) in [6.45, 7) is 4.44. The smallest absolute Gasteiger partial charge is 0.0541 e. The first-order valence-corrected chi connectivity index (χ1v) is 12.3. The molecule has 1 aliphatic rings. The van der Waals surface area contributed by atoms with E-state index in [2.05, 4.69) is 126 Å². The van der Waals surface area contributed by atoms with Gasteiger partial charge in [0.05, 0.1) is 11.0 Å². The predicted octanol–water partition coefficient (Wildman–Crippen LogP) is 8.98. The highest BCUT2D eigenvalue weighted by Gasteiger charge is 2.20. The molecule has 2 heterocycles. The summed E-state index contributed by atoms with van der Waals surface area (Å²) >= 11 is 1.83. The second-order valence-electron chi connectivity index (χ2n) is 8.71. The number of nitrogens with zero attached hydrogens (tertiary/aromatic N) is 1. The maximum Gasteiger partial charge on any atom is 0.0541 e. The quantitative estimate of drug-likeness (QED) is 0.254. The van der Waals surface area contributed by atoms with E-state index in [9.17, 15) is 0 Å². The summed E-state index contributed by atoms with van der Waals surface area (Å²) in [7, 11) is 0. The fourth-order valence-corrected chi connectivity index (χ4v) is 6.22. The third-order valence-electron chi connectivity index (χ3n) is 6.76. The first-order chi connectivity index (χ1) is 16.8. The zero-order valence-corrected chi connectivity index (χ0v) is 19.3. The fraction of sp³-hybridized carbons (Fsp3) is 0. The molecule has 0 unspecified atom stereocenters. The van der Waals surface area contributed by atoms with Crippen LogP contribution in [-0.4, -0.2) is 4.57 Å². The Bertz CT molecular complexity index is 1740. The van der Waals surface area contributed by atoms with E-state index in [4.69, 9.17) is 0 Å². The molecule has 160 valence electrons. The van der Waals surface area contributed by atoms with Crippen molar-refractivity contribution in [3.05, 3.63) is 133 Å². The highest BCUT2D eigenvalue weighted by atomic mass is 32.2. The molecule has 0 bridgehead atoms. The van der Waals surface area contributed by atoms with Gasteiger partial charge in [-0.2, -0.15) is 0 Å². The van der Waals surface area contributed by atoms with E-state index in [-0.39, 0.29) is 0 Å². The summed E-state index contributed by atoms with van der Waals surface area (Å²) in [4.78, 5) is 2.55. The molecule has 0 saturated carbocycles. The zero-order valence-electron chi connectivity index (χ0n) is 18.5. The Hall–Kier alpha value is -4.01. The van der Waals surface area contributed by atoms with E-state index in [0.29, 0.717) is 0 Å². The van der Waals surface area contributed by atoms with E-state index in [1.54, 1.807) is 0 Å². The van der Waals surface area contributed by atoms with Gasteiger partial charge in [-0.25, -0.2) is 0 Å². The molecule has 0 amide bonds. The maximum atomic E-state index is 4.44. The van der Waals surface area contributed by atoms with Gasteiger partial charge in [0.15, 0.2) is 0 Å². The van der Waals surface area contributed by atoms with Gasteiger partial charge in [-0.1, -0.05) is 85.1 Å². The summed E-state index contributed by atoms with van der Waals surface area (Å²) in [5, 5.41) is 2.54. The minimum atomic E-state index is 1.10. The SMILES string of the molecule is C=C1c2ccccc2Sc2ccc(-c3ccc4c(c3)c3ccccc3n4-c3ccccc3)cc21. The fourth-order valence-electron chi connectivity index (χ4n) is 5.11. The first-order valence-electron chi connectivity index (χ1n) is 11.5. The number of aromatic nitrogens is 1. The Balaban J connectivity index is 1.40. The van der Waals surface area contributed by atoms with Crippen molar-refractivity contribution < 1.29 is 0 Å². The minimum Gasteiger partial charge on any atom is -0.309 e. The molecule has 0 aliphatic carbocycles. The van der Waals surface area contributed by atoms with Crippen molar-refractivity contribution in [2.75, 3.05) is 0 Å². The number of fused-ring (bicyclic) bond motifs is 5. The van der Waals surface area contributed by atoms with Crippen LogP contribution < -0.4 is 0 Å². The highest BCUT2D eigenvalue weighted by molar-refractivity contribution is 7.99. The third kappa shape index (κ3) is 2.89. The molecule has 0 N–H and O–H groups in total. The minimum absolute atomic E-state index is 1.10. The van der Waals surface area contributed by atoms with Gasteiger partial charge in [-0.05, 0) is 76.4 Å². The predicted molar refractivity (Wildman–Crippen MR) is 145 cm³/mol. The number of rotatable bonds is 2. The van der Waals surface area contributed by atoms with Crippen LogP contribution in [0.15, 0.2) is 132 Å². The molecule has 0 atom stereocenters. The second-order valence-corrected chi connectivity index (χ2v) is 9.79. The standard InChI is InChI=1S/C32H21NS/c1-21-25-11-6-8-14-31(25)34-32-18-16-23(19-27(21)32)22-15-17-30-28(20-22)26-12-5-7-13-29(26)33(30)24-9-3-2-4-10-24/h2-20H,1H2. The number of hydrogen-bond donors (Lipinski definition) is 0. The van der Waals surface area contributed by atoms with Crippen LogP contribution in [0.5, 0.6) is 0 Å². The van der Waals surface area contributed by atoms with Gasteiger partial charge >= 0.3 is 0 Å². The summed E-state index contributed by atoms with van der Waals surface area (Å²) < 4.78 is 2.36. The Morgan fingerprint density at radius 2 is 1.21 bits per heavy atom. The average Bonchev–Trinajstić information content (AvgIpc) is 3.23. The van der Waals surface area contributed by atoms with Gasteiger partial charge < -0.3 is 4.57 Å². The van der Waals surface area contributed by atoms with Gasteiger partial charge in [0.1, 0.15) is 0 Å². The Morgan fingerprint density at radius 1 is 0.529 bits per heavy atom. The van der Waals surface area contributed by atoms with Gasteiger partial charge in [-0.3, -0.25) is 0 Å². The highest BCUT2D eigenvalue weighted by Crippen LogP contribution is 2.46. The molecule has 0 saturated heterocycles. The van der Waals surface area contributed by atoms with Crippen LogP contribution in [0.4, 0.5) is 0 Å². The molecule has 1 aromatic heterocycles. The molecule has 6 aromatic rings. The van der Waals surface area contributed by atoms with Crippen LogP contribution in [0.1, 0.15) is 11.1 Å². The molecule has 34 heavy (non-hydrogen) atoms. The van der Waals surface area contributed by atoms with Crippen molar-refractivity contribution in [3.8, 4) is 16.8 Å².